The molecule has 1 fully saturated rings. The molecular formula is C15H22N2O3S. The first-order valence-corrected chi connectivity index (χ1v) is 8.39. The van der Waals surface area contributed by atoms with E-state index in [-0.39, 0.29) is 17.8 Å². The van der Waals surface area contributed by atoms with Crippen molar-refractivity contribution in [3.05, 3.63) is 11.1 Å². The molecule has 1 aliphatic rings. The first kappa shape index (κ1) is 15.9. The van der Waals surface area contributed by atoms with Crippen LogP contribution in [0.3, 0.4) is 0 Å². The molecule has 1 amide bonds. The highest BCUT2D eigenvalue weighted by Gasteiger charge is 2.21. The second-order valence-corrected chi connectivity index (χ2v) is 6.26. The van der Waals surface area contributed by atoms with Crippen molar-refractivity contribution in [2.75, 3.05) is 12.4 Å². The van der Waals surface area contributed by atoms with Crippen LogP contribution < -0.4 is 5.32 Å². The molecule has 1 aromatic heterocycles. The number of carbonyl (C=O) groups excluding carboxylic acids is 2. The Balaban J connectivity index is 1.76. The summed E-state index contributed by atoms with van der Waals surface area (Å²) in [5, 5.41) is 5.52. The van der Waals surface area contributed by atoms with Crippen LogP contribution in [0.2, 0.25) is 0 Å². The molecule has 5 nitrogen and oxygen atoms in total. The molecule has 0 unspecified atom stereocenters. The Kier molecular flexibility index (Phi) is 6.17. The molecule has 1 aromatic rings. The molecule has 0 aliphatic heterocycles. The van der Waals surface area contributed by atoms with Gasteiger partial charge < -0.3 is 10.1 Å². The number of rotatable bonds is 6. The number of thiazole rings is 1. The van der Waals surface area contributed by atoms with E-state index in [2.05, 4.69) is 15.0 Å². The van der Waals surface area contributed by atoms with Gasteiger partial charge in [-0.3, -0.25) is 9.59 Å². The Morgan fingerprint density at radius 2 is 2.14 bits per heavy atom. The first-order valence-electron chi connectivity index (χ1n) is 7.51. The number of carbonyl (C=O) groups is 2. The molecule has 1 saturated carbocycles. The minimum absolute atomic E-state index is 0.102. The average Bonchev–Trinajstić information content (AvgIpc) is 2.95. The predicted octanol–water partition coefficient (Wildman–Crippen LogP) is 3.16. The largest absolute Gasteiger partial charge is 0.469 e. The summed E-state index contributed by atoms with van der Waals surface area (Å²) in [6.07, 6.45) is 7.36. The van der Waals surface area contributed by atoms with Gasteiger partial charge >= 0.3 is 5.97 Å². The molecule has 2 rings (SSSR count). The summed E-state index contributed by atoms with van der Waals surface area (Å²) in [6, 6.07) is 0. The van der Waals surface area contributed by atoms with E-state index < -0.39 is 0 Å². The lowest BCUT2D eigenvalue weighted by atomic mass is 9.89. The molecule has 116 valence electrons. The van der Waals surface area contributed by atoms with Gasteiger partial charge in [0.1, 0.15) is 0 Å². The van der Waals surface area contributed by atoms with Crippen molar-refractivity contribution in [3.63, 3.8) is 0 Å². The predicted molar refractivity (Wildman–Crippen MR) is 82.3 cm³/mol. The minimum Gasteiger partial charge on any atom is -0.469 e. The molecule has 0 radical (unpaired) electrons. The Hall–Kier alpha value is -1.43. The summed E-state index contributed by atoms with van der Waals surface area (Å²) in [5.74, 6) is 0.0478. The topological polar surface area (TPSA) is 68.3 Å². The second kappa shape index (κ2) is 8.12. The van der Waals surface area contributed by atoms with Gasteiger partial charge in [0.25, 0.3) is 0 Å². The van der Waals surface area contributed by atoms with Crippen LogP contribution in [0.1, 0.15) is 50.6 Å². The van der Waals surface area contributed by atoms with Gasteiger partial charge in [-0.15, -0.1) is 11.3 Å². The van der Waals surface area contributed by atoms with Crippen molar-refractivity contribution in [1.29, 1.82) is 0 Å². The van der Waals surface area contributed by atoms with Crippen LogP contribution in [0.25, 0.3) is 0 Å². The molecule has 1 heterocycles. The maximum Gasteiger partial charge on any atom is 0.305 e. The van der Waals surface area contributed by atoms with Crippen molar-refractivity contribution < 1.29 is 14.3 Å². The number of methoxy groups -OCH3 is 1. The first-order chi connectivity index (χ1) is 10.2. The van der Waals surface area contributed by atoms with Gasteiger partial charge in [-0.05, 0) is 25.7 Å². The number of aryl methyl sites for hydroxylation is 1. The Labute approximate surface area is 129 Å². The number of hydrogen-bond acceptors (Lipinski definition) is 5. The van der Waals surface area contributed by atoms with Crippen molar-refractivity contribution in [2.45, 2.75) is 51.4 Å². The van der Waals surface area contributed by atoms with Crippen LogP contribution >= 0.6 is 11.3 Å². The molecule has 1 aliphatic carbocycles. The van der Waals surface area contributed by atoms with Crippen molar-refractivity contribution in [3.8, 4) is 0 Å². The summed E-state index contributed by atoms with van der Waals surface area (Å²) in [5.41, 5.74) is 0.919. The van der Waals surface area contributed by atoms with E-state index >= 15 is 0 Å². The third kappa shape index (κ3) is 5.12. The van der Waals surface area contributed by atoms with E-state index in [9.17, 15) is 9.59 Å². The van der Waals surface area contributed by atoms with E-state index in [1.165, 1.54) is 24.9 Å². The smallest absolute Gasteiger partial charge is 0.305 e. The standard InChI is InChI=1S/C15H22N2O3S/c1-20-13(18)9-5-8-12-10-21-15(16-12)17-14(19)11-6-3-2-4-7-11/h10-11H,2-9H2,1H3,(H,16,17,19). The number of ether oxygens (including phenoxy) is 1. The normalized spacial score (nSPS) is 15.7. The minimum atomic E-state index is -0.198. The van der Waals surface area contributed by atoms with Gasteiger partial charge in [0.05, 0.1) is 12.8 Å². The molecular weight excluding hydrogens is 288 g/mol. The highest BCUT2D eigenvalue weighted by Crippen LogP contribution is 2.25. The number of hydrogen-bond donors (Lipinski definition) is 1. The highest BCUT2D eigenvalue weighted by atomic mass is 32.1. The zero-order valence-electron chi connectivity index (χ0n) is 12.4. The van der Waals surface area contributed by atoms with Gasteiger partial charge in [0.15, 0.2) is 5.13 Å². The van der Waals surface area contributed by atoms with Gasteiger partial charge in [-0.1, -0.05) is 19.3 Å². The van der Waals surface area contributed by atoms with Crippen molar-refractivity contribution >= 4 is 28.3 Å². The summed E-state index contributed by atoms with van der Waals surface area (Å²) >= 11 is 1.45. The molecule has 0 aromatic carbocycles. The van der Waals surface area contributed by atoms with Crippen LogP contribution in [0.15, 0.2) is 5.38 Å². The zero-order chi connectivity index (χ0) is 15.1. The second-order valence-electron chi connectivity index (χ2n) is 5.40. The summed E-state index contributed by atoms with van der Waals surface area (Å²) in [4.78, 5) is 27.5. The Morgan fingerprint density at radius 1 is 1.38 bits per heavy atom. The Bertz CT molecular complexity index is 481. The maximum absolute atomic E-state index is 12.1. The summed E-state index contributed by atoms with van der Waals surface area (Å²) in [7, 11) is 1.39. The van der Waals surface area contributed by atoms with Gasteiger partial charge in [-0.25, -0.2) is 4.98 Å². The van der Waals surface area contributed by atoms with E-state index in [4.69, 9.17) is 0 Å². The fraction of sp³-hybridized carbons (Fsp3) is 0.667. The molecule has 6 heteroatoms. The van der Waals surface area contributed by atoms with Gasteiger partial charge in [0.2, 0.25) is 5.91 Å². The summed E-state index contributed by atoms with van der Waals surface area (Å²) in [6.45, 7) is 0. The molecule has 1 N–H and O–H groups in total. The summed E-state index contributed by atoms with van der Waals surface area (Å²) < 4.78 is 4.60. The lowest BCUT2D eigenvalue weighted by Crippen LogP contribution is -2.24. The fourth-order valence-corrected chi connectivity index (χ4v) is 3.32. The molecule has 21 heavy (non-hydrogen) atoms. The number of aromatic nitrogens is 1. The zero-order valence-corrected chi connectivity index (χ0v) is 13.2. The van der Waals surface area contributed by atoms with Gasteiger partial charge in [0, 0.05) is 17.7 Å². The quantitative estimate of drug-likeness (QED) is 0.820. The van der Waals surface area contributed by atoms with Crippen molar-refractivity contribution in [1.82, 2.24) is 4.98 Å². The van der Waals surface area contributed by atoms with E-state index in [1.807, 2.05) is 5.38 Å². The van der Waals surface area contributed by atoms with Crippen LogP contribution in [0.5, 0.6) is 0 Å². The SMILES string of the molecule is COC(=O)CCCc1csc(NC(=O)C2CCCCC2)n1. The van der Waals surface area contributed by atoms with E-state index in [1.54, 1.807) is 0 Å². The van der Waals surface area contributed by atoms with Crippen molar-refractivity contribution in [2.24, 2.45) is 5.92 Å². The number of anilines is 1. The van der Waals surface area contributed by atoms with Crippen LogP contribution in [-0.2, 0) is 20.7 Å². The average molecular weight is 310 g/mol. The number of nitrogens with zero attached hydrogens (tertiary/aromatic N) is 1. The molecule has 0 bridgehead atoms. The third-order valence-corrected chi connectivity index (χ3v) is 4.61. The van der Waals surface area contributed by atoms with Crippen LogP contribution in [0, 0.1) is 5.92 Å². The number of amides is 1. The Morgan fingerprint density at radius 3 is 2.86 bits per heavy atom. The maximum atomic E-state index is 12.1. The van der Waals surface area contributed by atoms with E-state index in [0.717, 1.165) is 37.8 Å². The molecule has 0 spiro atoms. The number of nitrogens with one attached hydrogen (secondary N) is 1. The lowest BCUT2D eigenvalue weighted by Gasteiger charge is -2.19. The van der Waals surface area contributed by atoms with E-state index in [0.29, 0.717) is 18.0 Å². The molecule has 0 atom stereocenters. The molecule has 0 saturated heterocycles. The highest BCUT2D eigenvalue weighted by molar-refractivity contribution is 7.13. The third-order valence-electron chi connectivity index (χ3n) is 3.80. The van der Waals surface area contributed by atoms with Crippen LogP contribution in [-0.4, -0.2) is 24.0 Å². The van der Waals surface area contributed by atoms with Crippen LogP contribution in [0.4, 0.5) is 5.13 Å². The lowest BCUT2D eigenvalue weighted by molar-refractivity contribution is -0.140. The van der Waals surface area contributed by atoms with Gasteiger partial charge in [-0.2, -0.15) is 0 Å². The fourth-order valence-electron chi connectivity index (χ4n) is 2.57. The monoisotopic (exact) mass is 310 g/mol. The number of esters is 1.